The second-order valence-corrected chi connectivity index (χ2v) is 5.54. The van der Waals surface area contributed by atoms with Crippen molar-refractivity contribution in [3.8, 4) is 0 Å². The van der Waals surface area contributed by atoms with Gasteiger partial charge in [0.05, 0.1) is 0 Å². The summed E-state index contributed by atoms with van der Waals surface area (Å²) in [5, 5.41) is 6.32. The number of ether oxygens (including phenoxy) is 1. The van der Waals surface area contributed by atoms with Gasteiger partial charge in [0.2, 0.25) is 0 Å². The third-order valence-electron chi connectivity index (χ3n) is 2.89. The standard InChI is InChI=1S/C11H20N2O2/c1-11(2,3)15-10(14)12-7-4-5-8-9(6-7)13-8/h7-9,13H,4-6H2,1-3H3,(H,12,14)/t7-,8+,9-/m1/s1. The SMILES string of the molecule is CC(C)(C)OC(=O)N[C@@H]1CC[C@@H]2N[C@@H]2C1. The first-order valence-electron chi connectivity index (χ1n) is 5.69. The van der Waals surface area contributed by atoms with E-state index in [0.717, 1.165) is 18.9 Å². The van der Waals surface area contributed by atoms with Crippen LogP contribution in [0.1, 0.15) is 40.0 Å². The van der Waals surface area contributed by atoms with E-state index >= 15 is 0 Å². The smallest absolute Gasteiger partial charge is 0.407 e. The van der Waals surface area contributed by atoms with Gasteiger partial charge in [0.25, 0.3) is 0 Å². The number of alkyl carbamates (subject to hydrolysis) is 1. The molecule has 2 fully saturated rings. The molecule has 2 N–H and O–H groups in total. The summed E-state index contributed by atoms with van der Waals surface area (Å²) in [6.45, 7) is 5.64. The van der Waals surface area contributed by atoms with Crippen molar-refractivity contribution in [1.29, 1.82) is 0 Å². The monoisotopic (exact) mass is 212 g/mol. The van der Waals surface area contributed by atoms with Crippen LogP contribution in [0.3, 0.4) is 0 Å². The quantitative estimate of drug-likeness (QED) is 0.646. The van der Waals surface area contributed by atoms with E-state index < -0.39 is 5.60 Å². The molecule has 1 amide bonds. The average Bonchev–Trinajstić information content (AvgIpc) is 2.77. The van der Waals surface area contributed by atoms with Crippen molar-refractivity contribution in [2.24, 2.45) is 0 Å². The number of nitrogens with one attached hydrogen (secondary N) is 2. The lowest BCUT2D eigenvalue weighted by molar-refractivity contribution is 0.0496. The Balaban J connectivity index is 1.74. The van der Waals surface area contributed by atoms with Crippen LogP contribution in [0.25, 0.3) is 0 Å². The lowest BCUT2D eigenvalue weighted by atomic mass is 9.96. The molecule has 0 spiro atoms. The Kier molecular flexibility index (Phi) is 2.63. The largest absolute Gasteiger partial charge is 0.444 e. The van der Waals surface area contributed by atoms with E-state index in [1.54, 1.807) is 0 Å². The van der Waals surface area contributed by atoms with E-state index in [2.05, 4.69) is 10.6 Å². The number of rotatable bonds is 1. The summed E-state index contributed by atoms with van der Waals surface area (Å²) in [6.07, 6.45) is 2.99. The van der Waals surface area contributed by atoms with Gasteiger partial charge in [-0.1, -0.05) is 0 Å². The maximum atomic E-state index is 11.5. The first-order chi connectivity index (χ1) is 6.94. The molecule has 4 nitrogen and oxygen atoms in total. The second-order valence-electron chi connectivity index (χ2n) is 5.54. The predicted molar refractivity (Wildman–Crippen MR) is 57.7 cm³/mol. The molecule has 0 bridgehead atoms. The molecule has 2 aliphatic rings. The molecular formula is C11H20N2O2. The molecule has 0 radical (unpaired) electrons. The molecule has 2 rings (SSSR count). The van der Waals surface area contributed by atoms with Gasteiger partial charge in [0, 0.05) is 18.1 Å². The van der Waals surface area contributed by atoms with Crippen LogP contribution in [0.2, 0.25) is 0 Å². The van der Waals surface area contributed by atoms with Gasteiger partial charge in [-0.3, -0.25) is 0 Å². The number of hydrogen-bond donors (Lipinski definition) is 2. The van der Waals surface area contributed by atoms with Gasteiger partial charge < -0.3 is 15.4 Å². The summed E-state index contributed by atoms with van der Waals surface area (Å²) >= 11 is 0. The third-order valence-corrected chi connectivity index (χ3v) is 2.89. The maximum Gasteiger partial charge on any atom is 0.407 e. The molecule has 0 aromatic heterocycles. The molecule has 86 valence electrons. The fourth-order valence-corrected chi connectivity index (χ4v) is 2.15. The molecule has 1 saturated carbocycles. The molecular weight excluding hydrogens is 192 g/mol. The molecule has 0 aromatic carbocycles. The van der Waals surface area contributed by atoms with E-state index in [1.165, 1.54) is 6.42 Å². The van der Waals surface area contributed by atoms with E-state index in [0.29, 0.717) is 6.04 Å². The molecule has 4 heteroatoms. The molecule has 1 aliphatic heterocycles. The zero-order valence-corrected chi connectivity index (χ0v) is 9.67. The summed E-state index contributed by atoms with van der Waals surface area (Å²) in [5.74, 6) is 0. The fraction of sp³-hybridized carbons (Fsp3) is 0.909. The van der Waals surface area contributed by atoms with Crippen LogP contribution in [-0.4, -0.2) is 29.8 Å². The van der Waals surface area contributed by atoms with Gasteiger partial charge in [-0.15, -0.1) is 0 Å². The number of amides is 1. The van der Waals surface area contributed by atoms with E-state index in [1.807, 2.05) is 20.8 Å². The second kappa shape index (κ2) is 3.67. The normalized spacial score (nSPS) is 34.2. The van der Waals surface area contributed by atoms with E-state index in [4.69, 9.17) is 4.74 Å². The molecule has 1 saturated heterocycles. The van der Waals surface area contributed by atoms with Crippen LogP contribution < -0.4 is 10.6 Å². The van der Waals surface area contributed by atoms with Crippen molar-refractivity contribution in [1.82, 2.24) is 10.6 Å². The van der Waals surface area contributed by atoms with E-state index in [9.17, 15) is 4.79 Å². The molecule has 0 unspecified atom stereocenters. The van der Waals surface area contributed by atoms with Gasteiger partial charge in [-0.05, 0) is 40.0 Å². The number of fused-ring (bicyclic) bond motifs is 1. The highest BCUT2D eigenvalue weighted by molar-refractivity contribution is 5.68. The predicted octanol–water partition coefficient (Wildman–Crippen LogP) is 1.40. The van der Waals surface area contributed by atoms with Crippen molar-refractivity contribution >= 4 is 6.09 Å². The summed E-state index contributed by atoms with van der Waals surface area (Å²) in [4.78, 5) is 11.5. The highest BCUT2D eigenvalue weighted by Crippen LogP contribution is 2.29. The Morgan fingerprint density at radius 2 is 2.07 bits per heavy atom. The Bertz CT molecular complexity index is 260. The average molecular weight is 212 g/mol. The van der Waals surface area contributed by atoms with E-state index in [-0.39, 0.29) is 12.1 Å². The van der Waals surface area contributed by atoms with Crippen molar-refractivity contribution in [2.75, 3.05) is 0 Å². The van der Waals surface area contributed by atoms with Gasteiger partial charge in [-0.2, -0.15) is 0 Å². The zero-order chi connectivity index (χ0) is 11.1. The molecule has 15 heavy (non-hydrogen) atoms. The van der Waals surface area contributed by atoms with Crippen LogP contribution in [-0.2, 0) is 4.74 Å². The van der Waals surface area contributed by atoms with Gasteiger partial charge in [0.1, 0.15) is 5.60 Å². The lowest BCUT2D eigenvalue weighted by Gasteiger charge is -2.25. The first-order valence-corrected chi connectivity index (χ1v) is 5.69. The van der Waals surface area contributed by atoms with Crippen molar-refractivity contribution in [3.05, 3.63) is 0 Å². The highest BCUT2D eigenvalue weighted by atomic mass is 16.6. The molecule has 1 aliphatic carbocycles. The van der Waals surface area contributed by atoms with Crippen LogP contribution in [0.5, 0.6) is 0 Å². The Morgan fingerprint density at radius 3 is 2.67 bits per heavy atom. The lowest BCUT2D eigenvalue weighted by Crippen LogP contribution is -2.41. The maximum absolute atomic E-state index is 11.5. The molecule has 0 aromatic rings. The summed E-state index contributed by atoms with van der Waals surface area (Å²) in [7, 11) is 0. The topological polar surface area (TPSA) is 60.3 Å². The summed E-state index contributed by atoms with van der Waals surface area (Å²) in [6, 6.07) is 1.65. The zero-order valence-electron chi connectivity index (χ0n) is 9.67. The van der Waals surface area contributed by atoms with Crippen LogP contribution in [0.4, 0.5) is 4.79 Å². The minimum atomic E-state index is -0.404. The Hall–Kier alpha value is -0.770. The number of carbonyl (C=O) groups excluding carboxylic acids is 1. The highest BCUT2D eigenvalue weighted by Gasteiger charge is 2.41. The Morgan fingerprint density at radius 1 is 1.33 bits per heavy atom. The van der Waals surface area contributed by atoms with Gasteiger partial charge in [0.15, 0.2) is 0 Å². The molecule has 3 atom stereocenters. The number of hydrogen-bond acceptors (Lipinski definition) is 3. The third kappa shape index (κ3) is 3.09. The summed E-state index contributed by atoms with van der Waals surface area (Å²) < 4.78 is 5.22. The van der Waals surface area contributed by atoms with Gasteiger partial charge in [-0.25, -0.2) is 4.79 Å². The van der Waals surface area contributed by atoms with Crippen molar-refractivity contribution in [2.45, 2.75) is 63.8 Å². The number of carbonyl (C=O) groups is 1. The fourth-order valence-electron chi connectivity index (χ4n) is 2.15. The summed E-state index contributed by atoms with van der Waals surface area (Å²) in [5.41, 5.74) is -0.404. The minimum Gasteiger partial charge on any atom is -0.444 e. The van der Waals surface area contributed by atoms with Crippen LogP contribution in [0, 0.1) is 0 Å². The Labute approximate surface area is 90.8 Å². The van der Waals surface area contributed by atoms with Crippen LogP contribution in [0.15, 0.2) is 0 Å². The molecule has 1 heterocycles. The first kappa shape index (κ1) is 10.7. The van der Waals surface area contributed by atoms with Gasteiger partial charge >= 0.3 is 6.09 Å². The minimum absolute atomic E-state index is 0.286. The van der Waals surface area contributed by atoms with Crippen molar-refractivity contribution in [3.63, 3.8) is 0 Å². The van der Waals surface area contributed by atoms with Crippen molar-refractivity contribution < 1.29 is 9.53 Å². The van der Waals surface area contributed by atoms with Crippen LogP contribution >= 0.6 is 0 Å².